The summed E-state index contributed by atoms with van der Waals surface area (Å²) in [4.78, 5) is 0. The van der Waals surface area contributed by atoms with Gasteiger partial charge in [-0.1, -0.05) is 111 Å². The average molecular weight is 326 g/mol. The Morgan fingerprint density at radius 2 is 1.13 bits per heavy atom. The molecule has 0 saturated carbocycles. The van der Waals surface area contributed by atoms with Gasteiger partial charge < -0.3 is 0 Å². The third kappa shape index (κ3) is 11.2. The van der Waals surface area contributed by atoms with Gasteiger partial charge in [0.1, 0.15) is 5.60 Å². The molecule has 0 aliphatic carbocycles. The molecule has 0 spiro atoms. The van der Waals surface area contributed by atoms with Gasteiger partial charge in [0.05, 0.1) is 0 Å². The van der Waals surface area contributed by atoms with Gasteiger partial charge in [0.15, 0.2) is 0 Å². The van der Waals surface area contributed by atoms with E-state index in [2.05, 4.69) is 27.7 Å². The van der Waals surface area contributed by atoms with Gasteiger partial charge in [-0.05, 0) is 25.2 Å². The lowest BCUT2D eigenvalue weighted by Gasteiger charge is -2.33. The topological polar surface area (TPSA) is 19.9 Å². The van der Waals surface area contributed by atoms with Crippen molar-refractivity contribution in [2.75, 3.05) is 0 Å². The Hall–Kier alpha value is -0.0400. The lowest BCUT2D eigenvalue weighted by molar-refractivity contribution is -0.0933. The summed E-state index contributed by atoms with van der Waals surface area (Å²) in [7, 11) is 0. The van der Waals surface area contributed by atoms with Crippen molar-refractivity contribution >= 4 is 0 Å². The highest BCUT2D eigenvalue weighted by atomic mass is 16.3. The second-order valence-electron chi connectivity index (χ2n) is 7.60. The SMILES string of the molecule is CCCCCCCCC(CC)C([O])(CC)CCCCCCCC. The Morgan fingerprint density at radius 1 is 0.652 bits per heavy atom. The van der Waals surface area contributed by atoms with Crippen LogP contribution in [0.15, 0.2) is 0 Å². The first kappa shape index (κ1) is 23.0. The quantitative estimate of drug-likeness (QED) is 0.241. The third-order valence-electron chi connectivity index (χ3n) is 5.69. The number of unbranched alkanes of at least 4 members (excludes halogenated alkanes) is 10. The number of hydrogen-bond donors (Lipinski definition) is 0. The largest absolute Gasteiger partial charge is 0.229 e. The third-order valence-corrected chi connectivity index (χ3v) is 5.69. The van der Waals surface area contributed by atoms with Crippen LogP contribution in [0.3, 0.4) is 0 Å². The van der Waals surface area contributed by atoms with Crippen molar-refractivity contribution in [1.29, 1.82) is 0 Å². The second kappa shape index (κ2) is 15.5. The fourth-order valence-electron chi connectivity index (χ4n) is 3.88. The minimum absolute atomic E-state index is 0.398. The van der Waals surface area contributed by atoms with Crippen molar-refractivity contribution in [1.82, 2.24) is 0 Å². The zero-order valence-electron chi connectivity index (χ0n) is 16.8. The van der Waals surface area contributed by atoms with Crippen LogP contribution in [0.2, 0.25) is 0 Å². The molecular formula is C22H45O. The first-order valence-corrected chi connectivity index (χ1v) is 10.8. The molecule has 0 saturated heterocycles. The van der Waals surface area contributed by atoms with Crippen molar-refractivity contribution in [2.24, 2.45) is 5.92 Å². The van der Waals surface area contributed by atoms with E-state index in [0.29, 0.717) is 5.92 Å². The van der Waals surface area contributed by atoms with E-state index < -0.39 is 5.60 Å². The molecule has 0 heterocycles. The summed E-state index contributed by atoms with van der Waals surface area (Å²) in [6.45, 7) is 8.87. The monoisotopic (exact) mass is 325 g/mol. The molecule has 0 aromatic rings. The lowest BCUT2D eigenvalue weighted by atomic mass is 9.76. The highest BCUT2D eigenvalue weighted by molar-refractivity contribution is 4.84. The van der Waals surface area contributed by atoms with E-state index in [0.717, 1.165) is 32.1 Å². The molecule has 0 bridgehead atoms. The number of hydrogen-bond acceptors (Lipinski definition) is 0. The summed E-state index contributed by atoms with van der Waals surface area (Å²) in [5, 5.41) is 13.3. The Labute approximate surface area is 147 Å². The van der Waals surface area contributed by atoms with Gasteiger partial charge in [-0.3, -0.25) is 0 Å². The van der Waals surface area contributed by atoms with E-state index >= 15 is 0 Å². The molecular weight excluding hydrogens is 280 g/mol. The van der Waals surface area contributed by atoms with Crippen LogP contribution in [0.5, 0.6) is 0 Å². The van der Waals surface area contributed by atoms with E-state index in [1.807, 2.05) is 0 Å². The van der Waals surface area contributed by atoms with Crippen LogP contribution in [0.1, 0.15) is 130 Å². The van der Waals surface area contributed by atoms with Crippen LogP contribution in [0, 0.1) is 5.92 Å². The fraction of sp³-hybridized carbons (Fsp3) is 1.00. The van der Waals surface area contributed by atoms with Crippen LogP contribution in [-0.4, -0.2) is 5.60 Å². The molecule has 0 aromatic heterocycles. The molecule has 0 rings (SSSR count). The standard InChI is InChI=1S/C22H45O/c1-5-9-11-13-15-17-19-21(7-3)22(23,8-4)20-18-16-14-12-10-6-2/h21H,5-20H2,1-4H3. The Morgan fingerprint density at radius 3 is 1.61 bits per heavy atom. The minimum atomic E-state index is -0.650. The Kier molecular flexibility index (Phi) is 15.5. The molecule has 0 fully saturated rings. The van der Waals surface area contributed by atoms with Crippen LogP contribution in [0.4, 0.5) is 0 Å². The van der Waals surface area contributed by atoms with Crippen molar-refractivity contribution < 1.29 is 5.11 Å². The summed E-state index contributed by atoms with van der Waals surface area (Å²) in [5.41, 5.74) is -0.650. The summed E-state index contributed by atoms with van der Waals surface area (Å²) in [6.07, 6.45) is 19.7. The first-order chi connectivity index (χ1) is 11.1. The van der Waals surface area contributed by atoms with E-state index in [9.17, 15) is 5.11 Å². The highest BCUT2D eigenvalue weighted by Gasteiger charge is 2.34. The molecule has 23 heavy (non-hydrogen) atoms. The first-order valence-electron chi connectivity index (χ1n) is 10.8. The molecule has 0 N–H and O–H groups in total. The molecule has 139 valence electrons. The smallest absolute Gasteiger partial charge is 0.106 e. The molecule has 2 atom stereocenters. The zero-order valence-corrected chi connectivity index (χ0v) is 16.8. The highest BCUT2D eigenvalue weighted by Crippen LogP contribution is 2.34. The summed E-state index contributed by atoms with van der Waals surface area (Å²) >= 11 is 0. The fourth-order valence-corrected chi connectivity index (χ4v) is 3.88. The molecule has 1 radical (unpaired) electrons. The Balaban J connectivity index is 4.01. The number of rotatable bonds is 17. The van der Waals surface area contributed by atoms with Crippen LogP contribution in [0.25, 0.3) is 0 Å². The van der Waals surface area contributed by atoms with Crippen molar-refractivity contribution in [2.45, 2.75) is 136 Å². The van der Waals surface area contributed by atoms with Gasteiger partial charge in [0.2, 0.25) is 0 Å². The van der Waals surface area contributed by atoms with Crippen LogP contribution in [-0.2, 0) is 5.11 Å². The van der Waals surface area contributed by atoms with E-state index in [1.54, 1.807) is 0 Å². The molecule has 1 heteroatoms. The van der Waals surface area contributed by atoms with Gasteiger partial charge in [0.25, 0.3) is 0 Å². The van der Waals surface area contributed by atoms with Gasteiger partial charge in [-0.2, -0.15) is 0 Å². The predicted molar refractivity (Wildman–Crippen MR) is 103 cm³/mol. The molecule has 0 aliphatic rings. The van der Waals surface area contributed by atoms with Gasteiger partial charge in [0, 0.05) is 0 Å². The van der Waals surface area contributed by atoms with Gasteiger partial charge in [-0.15, -0.1) is 0 Å². The van der Waals surface area contributed by atoms with Gasteiger partial charge >= 0.3 is 0 Å². The Bertz CT molecular complexity index is 238. The second-order valence-corrected chi connectivity index (χ2v) is 7.60. The molecule has 0 amide bonds. The van der Waals surface area contributed by atoms with E-state index in [1.165, 1.54) is 70.6 Å². The minimum Gasteiger partial charge on any atom is -0.229 e. The molecule has 2 unspecified atom stereocenters. The average Bonchev–Trinajstić information content (AvgIpc) is 2.57. The zero-order chi connectivity index (χ0) is 17.4. The molecule has 0 aromatic carbocycles. The summed E-state index contributed by atoms with van der Waals surface area (Å²) < 4.78 is 0. The van der Waals surface area contributed by atoms with Crippen molar-refractivity contribution in [3.63, 3.8) is 0 Å². The molecule has 0 aliphatic heterocycles. The molecule has 1 nitrogen and oxygen atoms in total. The van der Waals surface area contributed by atoms with E-state index in [-0.39, 0.29) is 0 Å². The predicted octanol–water partition coefficient (Wildman–Crippen LogP) is 8.09. The lowest BCUT2D eigenvalue weighted by Crippen LogP contribution is -2.35. The maximum Gasteiger partial charge on any atom is 0.106 e. The summed E-state index contributed by atoms with van der Waals surface area (Å²) in [6, 6.07) is 0. The van der Waals surface area contributed by atoms with Crippen LogP contribution >= 0.6 is 0 Å². The normalized spacial score (nSPS) is 15.5. The van der Waals surface area contributed by atoms with Gasteiger partial charge in [-0.25, -0.2) is 5.11 Å². The maximum atomic E-state index is 13.3. The van der Waals surface area contributed by atoms with Crippen LogP contribution < -0.4 is 0 Å². The van der Waals surface area contributed by atoms with E-state index in [4.69, 9.17) is 0 Å². The van der Waals surface area contributed by atoms with Crippen molar-refractivity contribution in [3.8, 4) is 0 Å². The summed E-state index contributed by atoms with van der Waals surface area (Å²) in [5.74, 6) is 0.398. The maximum absolute atomic E-state index is 13.3. The van der Waals surface area contributed by atoms with Crippen molar-refractivity contribution in [3.05, 3.63) is 0 Å².